The van der Waals surface area contributed by atoms with Crippen LogP contribution in [0.2, 0.25) is 0 Å². The van der Waals surface area contributed by atoms with Crippen LogP contribution in [0.1, 0.15) is 26.2 Å². The van der Waals surface area contributed by atoms with Crippen LogP contribution in [0.3, 0.4) is 0 Å². The average Bonchev–Trinajstić information content (AvgIpc) is 2.75. The zero-order valence-electron chi connectivity index (χ0n) is 9.73. The summed E-state index contributed by atoms with van der Waals surface area (Å²) in [6, 6.07) is 4.59. The van der Waals surface area contributed by atoms with Gasteiger partial charge in [-0.2, -0.15) is 4.39 Å². The fourth-order valence-electron chi connectivity index (χ4n) is 2.49. The quantitative estimate of drug-likeness (QED) is 0.600. The molecule has 0 spiro atoms. The van der Waals surface area contributed by atoms with Crippen LogP contribution in [0.4, 0.5) is 15.8 Å². The molecular weight excluding hydrogens is 223 g/mol. The van der Waals surface area contributed by atoms with E-state index >= 15 is 0 Å². The molecule has 1 aromatic carbocycles. The number of hydrogen-bond donors (Lipinski definition) is 0. The summed E-state index contributed by atoms with van der Waals surface area (Å²) in [4.78, 5) is 12.3. The van der Waals surface area contributed by atoms with Crippen LogP contribution in [-0.2, 0) is 0 Å². The number of hydrogen-bond acceptors (Lipinski definition) is 3. The summed E-state index contributed by atoms with van der Waals surface area (Å²) in [6.07, 6.45) is 2.95. The van der Waals surface area contributed by atoms with Crippen molar-refractivity contribution in [1.82, 2.24) is 0 Å². The van der Waals surface area contributed by atoms with Gasteiger partial charge in [-0.25, -0.2) is 0 Å². The van der Waals surface area contributed by atoms with Crippen LogP contribution in [0.5, 0.6) is 0 Å². The Morgan fingerprint density at radius 1 is 1.59 bits per heavy atom. The summed E-state index contributed by atoms with van der Waals surface area (Å²) in [5, 5.41) is 10.9. The van der Waals surface area contributed by atoms with Crippen molar-refractivity contribution in [2.45, 2.75) is 32.2 Å². The monoisotopic (exact) mass is 238 g/mol. The van der Waals surface area contributed by atoms with Crippen molar-refractivity contribution >= 4 is 11.4 Å². The Balaban J connectivity index is 2.44. The molecule has 0 amide bonds. The topological polar surface area (TPSA) is 46.4 Å². The molecule has 17 heavy (non-hydrogen) atoms. The van der Waals surface area contributed by atoms with Crippen molar-refractivity contribution in [3.05, 3.63) is 34.1 Å². The van der Waals surface area contributed by atoms with Crippen molar-refractivity contribution in [3.63, 3.8) is 0 Å². The van der Waals surface area contributed by atoms with Gasteiger partial charge < -0.3 is 4.90 Å². The normalized spacial score (nSPS) is 19.6. The Labute approximate surface area is 99.2 Å². The molecule has 5 heteroatoms. The highest BCUT2D eigenvalue weighted by Crippen LogP contribution is 2.35. The van der Waals surface area contributed by atoms with Gasteiger partial charge in [0.05, 0.1) is 4.92 Å². The molecule has 4 nitrogen and oxygen atoms in total. The second-order valence-electron chi connectivity index (χ2n) is 4.26. The van der Waals surface area contributed by atoms with Gasteiger partial charge in [0.25, 0.3) is 0 Å². The number of nitro groups is 1. The minimum absolute atomic E-state index is 0.287. The highest BCUT2D eigenvalue weighted by molar-refractivity contribution is 5.64. The molecule has 0 N–H and O–H groups in total. The lowest BCUT2D eigenvalue weighted by Crippen LogP contribution is -2.29. The molecule has 1 saturated heterocycles. The third-order valence-electron chi connectivity index (χ3n) is 3.31. The largest absolute Gasteiger partial charge is 0.363 e. The summed E-state index contributed by atoms with van der Waals surface area (Å²) < 4.78 is 13.5. The molecule has 1 atom stereocenters. The van der Waals surface area contributed by atoms with Crippen molar-refractivity contribution in [1.29, 1.82) is 0 Å². The molecule has 0 bridgehead atoms. The van der Waals surface area contributed by atoms with E-state index in [1.165, 1.54) is 6.07 Å². The van der Waals surface area contributed by atoms with E-state index in [2.05, 4.69) is 0 Å². The van der Waals surface area contributed by atoms with E-state index in [-0.39, 0.29) is 6.04 Å². The number of halogens is 1. The first kappa shape index (κ1) is 11.8. The third kappa shape index (κ3) is 2.09. The maximum Gasteiger partial charge on any atom is 0.327 e. The predicted molar refractivity (Wildman–Crippen MR) is 63.7 cm³/mol. The van der Waals surface area contributed by atoms with Crippen LogP contribution in [0.25, 0.3) is 0 Å². The Kier molecular flexibility index (Phi) is 3.26. The summed E-state index contributed by atoms with van der Waals surface area (Å²) in [6.45, 7) is 2.82. The SMILES string of the molecule is CCC1CCCN1c1cccc(F)c1[N+](=O)[O-]. The van der Waals surface area contributed by atoms with Crippen LogP contribution < -0.4 is 4.90 Å². The van der Waals surface area contributed by atoms with Crippen molar-refractivity contribution in [2.24, 2.45) is 0 Å². The molecule has 0 aromatic heterocycles. The van der Waals surface area contributed by atoms with Crippen LogP contribution in [-0.4, -0.2) is 17.5 Å². The third-order valence-corrected chi connectivity index (χ3v) is 3.31. The molecule has 1 aliphatic heterocycles. The van der Waals surface area contributed by atoms with Crippen LogP contribution >= 0.6 is 0 Å². The summed E-state index contributed by atoms with van der Waals surface area (Å²) in [7, 11) is 0. The molecular formula is C12H15FN2O2. The zero-order valence-corrected chi connectivity index (χ0v) is 9.73. The van der Waals surface area contributed by atoms with E-state index in [0.717, 1.165) is 31.9 Å². The lowest BCUT2D eigenvalue weighted by molar-refractivity contribution is -0.386. The molecule has 0 saturated carbocycles. The lowest BCUT2D eigenvalue weighted by atomic mass is 10.1. The molecule has 1 fully saturated rings. The first-order valence-corrected chi connectivity index (χ1v) is 5.84. The fourth-order valence-corrected chi connectivity index (χ4v) is 2.49. The summed E-state index contributed by atoms with van der Waals surface area (Å²) in [5.41, 5.74) is 0.0206. The van der Waals surface area contributed by atoms with Gasteiger partial charge in [0.1, 0.15) is 5.69 Å². The highest BCUT2D eigenvalue weighted by Gasteiger charge is 2.30. The van der Waals surface area contributed by atoms with E-state index in [1.807, 2.05) is 11.8 Å². The molecule has 1 aromatic rings. The minimum Gasteiger partial charge on any atom is -0.363 e. The number of benzene rings is 1. The number of rotatable bonds is 3. The fraction of sp³-hybridized carbons (Fsp3) is 0.500. The Bertz CT molecular complexity index is 437. The van der Waals surface area contributed by atoms with Crippen LogP contribution in [0.15, 0.2) is 18.2 Å². The molecule has 1 aliphatic rings. The van der Waals surface area contributed by atoms with E-state index in [4.69, 9.17) is 0 Å². The van der Waals surface area contributed by atoms with Gasteiger partial charge in [0.2, 0.25) is 5.82 Å². The van der Waals surface area contributed by atoms with E-state index in [0.29, 0.717) is 5.69 Å². The second-order valence-corrected chi connectivity index (χ2v) is 4.26. The molecule has 92 valence electrons. The smallest absolute Gasteiger partial charge is 0.327 e. The average molecular weight is 238 g/mol. The first-order valence-electron chi connectivity index (χ1n) is 5.84. The zero-order chi connectivity index (χ0) is 12.4. The summed E-state index contributed by atoms with van der Waals surface area (Å²) >= 11 is 0. The number of nitrogens with zero attached hydrogens (tertiary/aromatic N) is 2. The summed E-state index contributed by atoms with van der Waals surface area (Å²) in [5.74, 6) is -0.755. The molecule has 0 radical (unpaired) electrons. The number of anilines is 1. The number of nitro benzene ring substituents is 1. The van der Waals surface area contributed by atoms with E-state index in [1.54, 1.807) is 6.07 Å². The minimum atomic E-state index is -0.755. The first-order chi connectivity index (χ1) is 8.15. The Hall–Kier alpha value is -1.65. The van der Waals surface area contributed by atoms with Gasteiger partial charge >= 0.3 is 5.69 Å². The molecule has 1 heterocycles. The lowest BCUT2D eigenvalue weighted by Gasteiger charge is -2.25. The van der Waals surface area contributed by atoms with Gasteiger partial charge in [-0.3, -0.25) is 10.1 Å². The molecule has 1 unspecified atom stereocenters. The van der Waals surface area contributed by atoms with Gasteiger partial charge in [-0.1, -0.05) is 13.0 Å². The molecule has 2 rings (SSSR count). The van der Waals surface area contributed by atoms with Crippen molar-refractivity contribution < 1.29 is 9.31 Å². The number of para-hydroxylation sites is 1. The Morgan fingerprint density at radius 2 is 2.35 bits per heavy atom. The standard InChI is InChI=1S/C12H15FN2O2/c1-2-9-5-4-8-14(9)11-7-3-6-10(13)12(11)15(16)17/h3,6-7,9H,2,4-5,8H2,1H3. The maximum absolute atomic E-state index is 13.5. The highest BCUT2D eigenvalue weighted by atomic mass is 19.1. The van der Waals surface area contributed by atoms with E-state index < -0.39 is 16.4 Å². The van der Waals surface area contributed by atoms with E-state index in [9.17, 15) is 14.5 Å². The van der Waals surface area contributed by atoms with Gasteiger partial charge in [0.15, 0.2) is 0 Å². The predicted octanol–water partition coefficient (Wildman–Crippen LogP) is 3.11. The van der Waals surface area contributed by atoms with Crippen molar-refractivity contribution in [2.75, 3.05) is 11.4 Å². The maximum atomic E-state index is 13.5. The molecule has 0 aliphatic carbocycles. The van der Waals surface area contributed by atoms with Gasteiger partial charge in [0, 0.05) is 12.6 Å². The van der Waals surface area contributed by atoms with Crippen LogP contribution in [0, 0.1) is 15.9 Å². The Morgan fingerprint density at radius 3 is 3.00 bits per heavy atom. The second kappa shape index (κ2) is 4.69. The van der Waals surface area contributed by atoms with Gasteiger partial charge in [-0.15, -0.1) is 0 Å². The van der Waals surface area contributed by atoms with Crippen molar-refractivity contribution in [3.8, 4) is 0 Å². The van der Waals surface area contributed by atoms with Gasteiger partial charge in [-0.05, 0) is 31.4 Å².